The van der Waals surface area contributed by atoms with E-state index in [0.717, 1.165) is 29.1 Å². The molecule has 19 heteroatoms. The van der Waals surface area contributed by atoms with Crippen molar-refractivity contribution in [1.82, 2.24) is 24.3 Å². The number of sulfone groups is 2. The topological polar surface area (TPSA) is 147 Å². The summed E-state index contributed by atoms with van der Waals surface area (Å²) in [6.45, 7) is 1.31. The number of oxazole rings is 1. The van der Waals surface area contributed by atoms with Crippen molar-refractivity contribution in [2.24, 2.45) is 5.92 Å². The van der Waals surface area contributed by atoms with Crippen LogP contribution in [0.25, 0.3) is 28.5 Å². The fourth-order valence-electron chi connectivity index (χ4n) is 3.96. The molecular formula is C21H15F6N5O6S2. The van der Waals surface area contributed by atoms with Crippen LogP contribution in [-0.2, 0) is 19.7 Å². The zero-order chi connectivity index (χ0) is 29.4. The molecule has 4 aromatic rings. The standard InChI is InChI=1S/C21H15F6N5O6S2/c1-2-39(34,35)15-5-6-16(32-19(33)31(9-28-32)13-8-11(13)20(22,23)24)30-17(15)18-29-12-7-10(3-4-14(12)38-18)40(36,37)21(25,26)27/h3-7,9,11,13H,2,8H2,1H3. The Bertz CT molecular complexity index is 1930. The summed E-state index contributed by atoms with van der Waals surface area (Å²) in [4.78, 5) is 19.2. The van der Waals surface area contributed by atoms with Gasteiger partial charge in [0, 0.05) is 0 Å². The maximum atomic E-state index is 13.0. The van der Waals surface area contributed by atoms with Crippen LogP contribution in [0.2, 0.25) is 0 Å². The van der Waals surface area contributed by atoms with Gasteiger partial charge < -0.3 is 4.42 Å². The number of fused-ring (bicyclic) bond motifs is 1. The van der Waals surface area contributed by atoms with E-state index in [1.807, 2.05) is 0 Å². The molecule has 1 fully saturated rings. The summed E-state index contributed by atoms with van der Waals surface area (Å²) in [5.74, 6) is -3.02. The molecule has 0 spiro atoms. The van der Waals surface area contributed by atoms with Crippen LogP contribution in [0.5, 0.6) is 0 Å². The Labute approximate surface area is 219 Å². The smallest absolute Gasteiger partial charge is 0.435 e. The Morgan fingerprint density at radius 1 is 1.02 bits per heavy atom. The number of nitrogens with zero attached hydrogens (tertiary/aromatic N) is 5. The number of hydrogen-bond donors (Lipinski definition) is 0. The molecule has 1 aliphatic rings. The summed E-state index contributed by atoms with van der Waals surface area (Å²) < 4.78 is 134. The molecule has 0 N–H and O–H groups in total. The molecule has 0 radical (unpaired) electrons. The van der Waals surface area contributed by atoms with Gasteiger partial charge in [-0.2, -0.15) is 36.1 Å². The van der Waals surface area contributed by atoms with Crippen molar-refractivity contribution in [2.45, 2.75) is 40.9 Å². The first-order valence-corrected chi connectivity index (χ1v) is 14.3. The van der Waals surface area contributed by atoms with E-state index in [-0.39, 0.29) is 23.3 Å². The van der Waals surface area contributed by atoms with Crippen molar-refractivity contribution < 1.29 is 47.6 Å². The van der Waals surface area contributed by atoms with Crippen LogP contribution < -0.4 is 5.69 Å². The fourth-order valence-corrected chi connectivity index (χ4v) is 5.76. The second kappa shape index (κ2) is 8.88. The SMILES string of the molecule is CCS(=O)(=O)c1ccc(-n2ncn(C3CC3C(F)(F)F)c2=O)nc1-c1nc2cc(S(=O)(=O)C(F)(F)F)ccc2o1. The third kappa shape index (κ3) is 4.55. The van der Waals surface area contributed by atoms with Crippen molar-refractivity contribution in [2.75, 3.05) is 5.75 Å². The van der Waals surface area contributed by atoms with Crippen LogP contribution >= 0.6 is 0 Å². The van der Waals surface area contributed by atoms with Gasteiger partial charge in [-0.1, -0.05) is 6.92 Å². The van der Waals surface area contributed by atoms with E-state index in [0.29, 0.717) is 16.8 Å². The molecule has 5 rings (SSSR count). The first-order chi connectivity index (χ1) is 18.5. The number of pyridine rings is 1. The largest absolute Gasteiger partial charge is 0.501 e. The Balaban J connectivity index is 1.63. The van der Waals surface area contributed by atoms with Crippen molar-refractivity contribution in [3.8, 4) is 17.4 Å². The maximum Gasteiger partial charge on any atom is 0.501 e. The fraction of sp³-hybridized carbons (Fsp3) is 0.333. The minimum absolute atomic E-state index is 0.212. The molecule has 3 aromatic heterocycles. The van der Waals surface area contributed by atoms with Gasteiger partial charge in [-0.3, -0.25) is 4.57 Å². The molecule has 3 heterocycles. The summed E-state index contributed by atoms with van der Waals surface area (Å²) >= 11 is 0. The highest BCUT2D eigenvalue weighted by Gasteiger charge is 2.57. The summed E-state index contributed by atoms with van der Waals surface area (Å²) in [6, 6.07) is 3.05. The highest BCUT2D eigenvalue weighted by atomic mass is 32.2. The van der Waals surface area contributed by atoms with Gasteiger partial charge in [0.1, 0.15) is 17.5 Å². The van der Waals surface area contributed by atoms with Crippen molar-refractivity contribution in [3.63, 3.8) is 0 Å². The summed E-state index contributed by atoms with van der Waals surface area (Å²) in [5.41, 5.74) is -7.65. The van der Waals surface area contributed by atoms with E-state index in [1.54, 1.807) is 0 Å². The quantitative estimate of drug-likeness (QED) is 0.299. The highest BCUT2D eigenvalue weighted by Crippen LogP contribution is 2.52. The molecule has 1 aliphatic carbocycles. The first-order valence-electron chi connectivity index (χ1n) is 11.1. The second-order valence-electron chi connectivity index (χ2n) is 8.70. The molecular weight excluding hydrogens is 596 g/mol. The van der Waals surface area contributed by atoms with Crippen LogP contribution in [0.4, 0.5) is 26.3 Å². The lowest BCUT2D eigenvalue weighted by atomic mass is 10.3. The molecule has 0 saturated heterocycles. The van der Waals surface area contributed by atoms with E-state index in [4.69, 9.17) is 4.42 Å². The van der Waals surface area contributed by atoms with E-state index in [1.165, 1.54) is 6.92 Å². The molecule has 0 aliphatic heterocycles. The third-order valence-corrected chi connectivity index (χ3v) is 9.42. The monoisotopic (exact) mass is 611 g/mol. The van der Waals surface area contributed by atoms with Crippen LogP contribution in [-0.4, -0.2) is 58.6 Å². The Morgan fingerprint density at radius 2 is 1.73 bits per heavy atom. The number of aromatic nitrogens is 5. The van der Waals surface area contributed by atoms with Gasteiger partial charge in [0.15, 0.2) is 21.2 Å². The van der Waals surface area contributed by atoms with Crippen molar-refractivity contribution in [1.29, 1.82) is 0 Å². The Hall–Kier alpha value is -3.74. The summed E-state index contributed by atoms with van der Waals surface area (Å²) in [7, 11) is -9.77. The van der Waals surface area contributed by atoms with Gasteiger partial charge in [0.05, 0.1) is 27.5 Å². The molecule has 1 aromatic carbocycles. The number of benzene rings is 1. The molecule has 2 atom stereocenters. The first kappa shape index (κ1) is 27.8. The zero-order valence-corrected chi connectivity index (χ0v) is 21.4. The van der Waals surface area contributed by atoms with Gasteiger partial charge in [-0.15, -0.1) is 0 Å². The number of halogens is 6. The van der Waals surface area contributed by atoms with Crippen molar-refractivity contribution >= 4 is 30.8 Å². The predicted molar refractivity (Wildman–Crippen MR) is 123 cm³/mol. The lowest BCUT2D eigenvalue weighted by Gasteiger charge is -2.08. The van der Waals surface area contributed by atoms with Crippen LogP contribution in [0.1, 0.15) is 19.4 Å². The molecule has 0 bridgehead atoms. The minimum Gasteiger partial charge on any atom is -0.435 e. The molecule has 11 nitrogen and oxygen atoms in total. The number of hydrogen-bond acceptors (Lipinski definition) is 9. The zero-order valence-electron chi connectivity index (χ0n) is 19.8. The lowest BCUT2D eigenvalue weighted by Crippen LogP contribution is -2.25. The van der Waals surface area contributed by atoms with Crippen LogP contribution in [0, 0.1) is 5.92 Å². The minimum atomic E-state index is -5.73. The normalized spacial score (nSPS) is 18.4. The second-order valence-corrected chi connectivity index (χ2v) is 12.9. The summed E-state index contributed by atoms with van der Waals surface area (Å²) in [6.07, 6.45) is -3.95. The molecule has 40 heavy (non-hydrogen) atoms. The Kier molecular flexibility index (Phi) is 6.18. The number of alkyl halides is 6. The highest BCUT2D eigenvalue weighted by molar-refractivity contribution is 7.92. The number of rotatable bonds is 6. The predicted octanol–water partition coefficient (Wildman–Crippen LogP) is 3.45. The van der Waals surface area contributed by atoms with Gasteiger partial charge in [0.2, 0.25) is 5.89 Å². The molecule has 1 saturated carbocycles. The van der Waals surface area contributed by atoms with Crippen LogP contribution in [0.3, 0.4) is 0 Å². The summed E-state index contributed by atoms with van der Waals surface area (Å²) in [5, 5.41) is 3.78. The Morgan fingerprint density at radius 3 is 2.33 bits per heavy atom. The van der Waals surface area contributed by atoms with Crippen molar-refractivity contribution in [3.05, 3.63) is 47.1 Å². The van der Waals surface area contributed by atoms with Gasteiger partial charge in [0.25, 0.3) is 9.84 Å². The maximum absolute atomic E-state index is 13.0. The average molecular weight is 612 g/mol. The van der Waals surface area contributed by atoms with Crippen LogP contribution in [0.15, 0.2) is 55.7 Å². The van der Waals surface area contributed by atoms with Gasteiger partial charge in [-0.05, 0) is 36.8 Å². The molecule has 0 amide bonds. The van der Waals surface area contributed by atoms with E-state index >= 15 is 0 Å². The van der Waals surface area contributed by atoms with E-state index in [9.17, 15) is 48.0 Å². The lowest BCUT2D eigenvalue weighted by molar-refractivity contribution is -0.150. The average Bonchev–Trinajstić information content (AvgIpc) is 3.42. The van der Waals surface area contributed by atoms with E-state index in [2.05, 4.69) is 15.1 Å². The van der Waals surface area contributed by atoms with Gasteiger partial charge >= 0.3 is 17.4 Å². The molecule has 214 valence electrons. The third-order valence-electron chi connectivity index (χ3n) is 6.18. The van der Waals surface area contributed by atoms with E-state index < -0.39 is 76.1 Å². The van der Waals surface area contributed by atoms with Gasteiger partial charge in [-0.25, -0.2) is 31.6 Å². The molecule has 2 unspecified atom stereocenters.